The van der Waals surface area contributed by atoms with Crippen LogP contribution in [0.5, 0.6) is 0 Å². The largest absolute Gasteiger partial charge is 0.326 e. The van der Waals surface area contributed by atoms with Gasteiger partial charge in [0, 0.05) is 31.5 Å². The van der Waals surface area contributed by atoms with Gasteiger partial charge in [0.2, 0.25) is 0 Å². The second-order valence-corrected chi connectivity index (χ2v) is 5.66. The quantitative estimate of drug-likeness (QED) is 0.851. The molecule has 17 heavy (non-hydrogen) atoms. The molecule has 0 aromatic carbocycles. The average molecular weight is 235 g/mol. The number of likely N-dealkylation sites (N-methyl/N-ethyl adjacent to an activating group) is 1. The fourth-order valence-electron chi connectivity index (χ4n) is 1.60. The van der Waals surface area contributed by atoms with E-state index in [1.54, 1.807) is 0 Å². The SMILES string of the molecule is CCN(Cc1ccncc1)CC(N)C(C)(C)C. The van der Waals surface area contributed by atoms with Crippen LogP contribution >= 0.6 is 0 Å². The number of nitrogens with zero attached hydrogens (tertiary/aromatic N) is 2. The maximum absolute atomic E-state index is 6.23. The molecule has 1 unspecified atom stereocenters. The van der Waals surface area contributed by atoms with Crippen LogP contribution in [-0.2, 0) is 6.54 Å². The third kappa shape index (κ3) is 4.84. The van der Waals surface area contributed by atoms with Crippen molar-refractivity contribution in [1.82, 2.24) is 9.88 Å². The number of hydrogen-bond donors (Lipinski definition) is 1. The first-order valence-electron chi connectivity index (χ1n) is 6.30. The number of rotatable bonds is 5. The van der Waals surface area contributed by atoms with Crippen LogP contribution in [0.25, 0.3) is 0 Å². The minimum absolute atomic E-state index is 0.158. The van der Waals surface area contributed by atoms with E-state index in [2.05, 4.69) is 49.7 Å². The summed E-state index contributed by atoms with van der Waals surface area (Å²) in [7, 11) is 0. The normalized spacial score (nSPS) is 14.0. The van der Waals surface area contributed by atoms with Crippen molar-refractivity contribution in [1.29, 1.82) is 0 Å². The predicted octanol–water partition coefficient (Wildman–Crippen LogP) is 2.28. The van der Waals surface area contributed by atoms with Gasteiger partial charge in [-0.25, -0.2) is 0 Å². The molecule has 0 aliphatic heterocycles. The molecule has 3 nitrogen and oxygen atoms in total. The Kier molecular flexibility index (Phi) is 5.09. The summed E-state index contributed by atoms with van der Waals surface area (Å²) in [5.41, 5.74) is 7.68. The number of aromatic nitrogens is 1. The highest BCUT2D eigenvalue weighted by molar-refractivity contribution is 5.09. The van der Waals surface area contributed by atoms with Crippen molar-refractivity contribution >= 4 is 0 Å². The molecule has 0 bridgehead atoms. The Morgan fingerprint density at radius 3 is 2.35 bits per heavy atom. The van der Waals surface area contributed by atoms with Gasteiger partial charge in [0.1, 0.15) is 0 Å². The Balaban J connectivity index is 2.55. The lowest BCUT2D eigenvalue weighted by Gasteiger charge is -2.32. The molecule has 1 aromatic rings. The summed E-state index contributed by atoms with van der Waals surface area (Å²) in [5.74, 6) is 0. The molecule has 0 fully saturated rings. The molecule has 0 aliphatic rings. The molecule has 0 saturated heterocycles. The number of pyridine rings is 1. The van der Waals surface area contributed by atoms with Crippen molar-refractivity contribution in [2.45, 2.75) is 40.3 Å². The van der Waals surface area contributed by atoms with Crippen molar-refractivity contribution in [3.8, 4) is 0 Å². The molecule has 1 atom stereocenters. The zero-order chi connectivity index (χ0) is 12.9. The van der Waals surface area contributed by atoms with E-state index in [0.29, 0.717) is 0 Å². The van der Waals surface area contributed by atoms with Crippen LogP contribution < -0.4 is 5.73 Å². The third-order valence-corrected chi connectivity index (χ3v) is 3.17. The standard InChI is InChI=1S/C14H25N3/c1-5-17(11-13(15)14(2,3)4)10-12-6-8-16-9-7-12/h6-9,13H,5,10-11,15H2,1-4H3. The fourth-order valence-corrected chi connectivity index (χ4v) is 1.60. The van der Waals surface area contributed by atoms with E-state index in [0.717, 1.165) is 19.6 Å². The first kappa shape index (κ1) is 14.1. The summed E-state index contributed by atoms with van der Waals surface area (Å²) >= 11 is 0. The lowest BCUT2D eigenvalue weighted by molar-refractivity contribution is 0.199. The topological polar surface area (TPSA) is 42.2 Å². The number of hydrogen-bond acceptors (Lipinski definition) is 3. The molecular formula is C14H25N3. The highest BCUT2D eigenvalue weighted by atomic mass is 15.1. The summed E-state index contributed by atoms with van der Waals surface area (Å²) in [4.78, 5) is 6.42. The van der Waals surface area contributed by atoms with Gasteiger partial charge >= 0.3 is 0 Å². The van der Waals surface area contributed by atoms with Crippen LogP contribution in [-0.4, -0.2) is 29.0 Å². The van der Waals surface area contributed by atoms with Gasteiger partial charge in [0.05, 0.1) is 0 Å². The van der Waals surface area contributed by atoms with Crippen LogP contribution in [0.2, 0.25) is 0 Å². The molecule has 2 N–H and O–H groups in total. The summed E-state index contributed by atoms with van der Waals surface area (Å²) < 4.78 is 0. The van der Waals surface area contributed by atoms with Gasteiger partial charge in [0.25, 0.3) is 0 Å². The second kappa shape index (κ2) is 6.12. The Morgan fingerprint density at radius 1 is 1.29 bits per heavy atom. The molecule has 1 aromatic heterocycles. The van der Waals surface area contributed by atoms with E-state index in [1.165, 1.54) is 5.56 Å². The van der Waals surface area contributed by atoms with Crippen molar-refractivity contribution in [3.63, 3.8) is 0 Å². The fraction of sp³-hybridized carbons (Fsp3) is 0.643. The molecule has 1 heterocycles. The van der Waals surface area contributed by atoms with Gasteiger partial charge in [-0.1, -0.05) is 27.7 Å². The van der Waals surface area contributed by atoms with Crippen molar-refractivity contribution < 1.29 is 0 Å². The monoisotopic (exact) mass is 235 g/mol. The molecular weight excluding hydrogens is 210 g/mol. The first-order valence-corrected chi connectivity index (χ1v) is 6.30. The van der Waals surface area contributed by atoms with Crippen molar-refractivity contribution in [2.75, 3.05) is 13.1 Å². The summed E-state index contributed by atoms with van der Waals surface area (Å²) in [6, 6.07) is 4.32. The minimum atomic E-state index is 0.158. The van der Waals surface area contributed by atoms with Crippen LogP contribution in [0.1, 0.15) is 33.3 Å². The van der Waals surface area contributed by atoms with E-state index in [4.69, 9.17) is 5.73 Å². The molecule has 0 aliphatic carbocycles. The number of nitrogens with two attached hydrogens (primary N) is 1. The van der Waals surface area contributed by atoms with Gasteiger partial charge in [0.15, 0.2) is 0 Å². The van der Waals surface area contributed by atoms with Gasteiger partial charge in [-0.2, -0.15) is 0 Å². The van der Waals surface area contributed by atoms with Crippen LogP contribution in [0.15, 0.2) is 24.5 Å². The van der Waals surface area contributed by atoms with Crippen LogP contribution in [0, 0.1) is 5.41 Å². The van der Waals surface area contributed by atoms with E-state index in [9.17, 15) is 0 Å². The second-order valence-electron chi connectivity index (χ2n) is 5.66. The molecule has 1 rings (SSSR count). The van der Waals surface area contributed by atoms with E-state index in [-0.39, 0.29) is 11.5 Å². The lowest BCUT2D eigenvalue weighted by Crippen LogP contribution is -2.45. The van der Waals surface area contributed by atoms with Gasteiger partial charge in [-0.3, -0.25) is 9.88 Å². The Morgan fingerprint density at radius 2 is 1.88 bits per heavy atom. The van der Waals surface area contributed by atoms with E-state index < -0.39 is 0 Å². The molecule has 0 radical (unpaired) electrons. The summed E-state index contributed by atoms with van der Waals surface area (Å²) in [5, 5.41) is 0. The van der Waals surface area contributed by atoms with Gasteiger partial charge in [-0.05, 0) is 29.7 Å². The molecule has 96 valence electrons. The zero-order valence-electron chi connectivity index (χ0n) is 11.5. The molecule has 0 spiro atoms. The third-order valence-electron chi connectivity index (χ3n) is 3.17. The zero-order valence-corrected chi connectivity index (χ0v) is 11.5. The van der Waals surface area contributed by atoms with Crippen LogP contribution in [0.4, 0.5) is 0 Å². The van der Waals surface area contributed by atoms with Crippen LogP contribution in [0.3, 0.4) is 0 Å². The molecule has 3 heteroatoms. The summed E-state index contributed by atoms with van der Waals surface area (Å²) in [6.07, 6.45) is 3.68. The summed E-state index contributed by atoms with van der Waals surface area (Å²) in [6.45, 7) is 11.7. The van der Waals surface area contributed by atoms with Crippen molar-refractivity contribution in [3.05, 3.63) is 30.1 Å². The smallest absolute Gasteiger partial charge is 0.0271 e. The highest BCUT2D eigenvalue weighted by Gasteiger charge is 2.22. The minimum Gasteiger partial charge on any atom is -0.326 e. The van der Waals surface area contributed by atoms with Gasteiger partial charge in [-0.15, -0.1) is 0 Å². The maximum Gasteiger partial charge on any atom is 0.0271 e. The highest BCUT2D eigenvalue weighted by Crippen LogP contribution is 2.18. The lowest BCUT2D eigenvalue weighted by atomic mass is 9.87. The average Bonchev–Trinajstić information content (AvgIpc) is 2.28. The molecule has 0 amide bonds. The Hall–Kier alpha value is -0.930. The first-order chi connectivity index (χ1) is 7.93. The Bertz CT molecular complexity index is 316. The predicted molar refractivity (Wildman–Crippen MR) is 72.6 cm³/mol. The van der Waals surface area contributed by atoms with Crippen molar-refractivity contribution in [2.24, 2.45) is 11.1 Å². The van der Waals surface area contributed by atoms with E-state index in [1.807, 2.05) is 12.4 Å². The van der Waals surface area contributed by atoms with E-state index >= 15 is 0 Å². The Labute approximate surface area is 105 Å². The maximum atomic E-state index is 6.23. The van der Waals surface area contributed by atoms with Gasteiger partial charge < -0.3 is 5.73 Å². The molecule has 0 saturated carbocycles.